The van der Waals surface area contributed by atoms with E-state index in [1.807, 2.05) is 18.7 Å². The van der Waals surface area contributed by atoms with Crippen LogP contribution in [0.1, 0.15) is 19.4 Å². The Morgan fingerprint density at radius 3 is 3.00 bits per heavy atom. The molecule has 0 amide bonds. The first-order valence-electron chi connectivity index (χ1n) is 3.38. The molecule has 0 aliphatic heterocycles. The lowest BCUT2D eigenvalue weighted by molar-refractivity contribution is 0.535. The van der Waals surface area contributed by atoms with E-state index < -0.39 is 0 Å². The Bertz CT molecular complexity index is 172. The Morgan fingerprint density at radius 1 is 1.70 bits per heavy atom. The molecule has 0 spiro atoms. The van der Waals surface area contributed by atoms with Crippen molar-refractivity contribution in [3.8, 4) is 0 Å². The molecule has 0 aromatic carbocycles. The number of halogens is 1. The van der Waals surface area contributed by atoms with Crippen molar-refractivity contribution in [2.75, 3.05) is 5.33 Å². The van der Waals surface area contributed by atoms with Crippen molar-refractivity contribution >= 4 is 15.9 Å². The predicted molar refractivity (Wildman–Crippen MR) is 45.3 cm³/mol. The van der Waals surface area contributed by atoms with E-state index in [0.29, 0.717) is 6.04 Å². The number of hydrogen-bond acceptors (Lipinski definition) is 1. The van der Waals surface area contributed by atoms with Crippen molar-refractivity contribution in [1.82, 2.24) is 9.55 Å². The van der Waals surface area contributed by atoms with Crippen LogP contribution in [0, 0.1) is 0 Å². The average Bonchev–Trinajstić information content (AvgIpc) is 2.38. The monoisotopic (exact) mass is 202 g/mol. The zero-order valence-corrected chi connectivity index (χ0v) is 7.58. The van der Waals surface area contributed by atoms with Gasteiger partial charge in [-0.1, -0.05) is 15.9 Å². The van der Waals surface area contributed by atoms with Gasteiger partial charge in [0, 0.05) is 23.8 Å². The van der Waals surface area contributed by atoms with Crippen LogP contribution in [0.3, 0.4) is 0 Å². The fourth-order valence-electron chi connectivity index (χ4n) is 0.837. The molecule has 2 nitrogen and oxygen atoms in total. The van der Waals surface area contributed by atoms with Crippen molar-refractivity contribution in [2.45, 2.75) is 19.4 Å². The maximum absolute atomic E-state index is 3.97. The number of alkyl halides is 1. The first-order valence-corrected chi connectivity index (χ1v) is 4.50. The predicted octanol–water partition coefficient (Wildman–Crippen LogP) is 2.23. The second-order valence-corrected chi connectivity index (χ2v) is 3.13. The summed E-state index contributed by atoms with van der Waals surface area (Å²) in [7, 11) is 0. The SMILES string of the molecule is CC(CCBr)n1ccnc1. The second kappa shape index (κ2) is 3.76. The van der Waals surface area contributed by atoms with Crippen LogP contribution < -0.4 is 0 Å². The van der Waals surface area contributed by atoms with Gasteiger partial charge in [0.2, 0.25) is 0 Å². The van der Waals surface area contributed by atoms with Crippen molar-refractivity contribution < 1.29 is 0 Å². The molecule has 1 rings (SSSR count). The largest absolute Gasteiger partial charge is 0.335 e. The first-order chi connectivity index (χ1) is 4.84. The van der Waals surface area contributed by atoms with Crippen molar-refractivity contribution in [2.24, 2.45) is 0 Å². The summed E-state index contributed by atoms with van der Waals surface area (Å²) in [6, 6.07) is 0.557. The minimum absolute atomic E-state index is 0.557. The maximum atomic E-state index is 3.97. The van der Waals surface area contributed by atoms with E-state index >= 15 is 0 Å². The molecule has 0 aliphatic rings. The highest BCUT2D eigenvalue weighted by molar-refractivity contribution is 9.09. The molecule has 1 aromatic rings. The molecule has 1 aromatic heterocycles. The van der Waals surface area contributed by atoms with Gasteiger partial charge >= 0.3 is 0 Å². The van der Waals surface area contributed by atoms with Crippen molar-refractivity contribution in [3.05, 3.63) is 18.7 Å². The second-order valence-electron chi connectivity index (χ2n) is 2.34. The highest BCUT2D eigenvalue weighted by Crippen LogP contribution is 2.10. The molecule has 0 saturated carbocycles. The summed E-state index contributed by atoms with van der Waals surface area (Å²) in [5, 5.41) is 1.05. The van der Waals surface area contributed by atoms with Crippen LogP contribution in [0.5, 0.6) is 0 Å². The minimum atomic E-state index is 0.557. The lowest BCUT2D eigenvalue weighted by Crippen LogP contribution is -2.02. The molecular formula is C7H11BrN2. The summed E-state index contributed by atoms with van der Waals surface area (Å²) in [6.07, 6.45) is 6.81. The van der Waals surface area contributed by atoms with Gasteiger partial charge in [0.1, 0.15) is 0 Å². The zero-order valence-electron chi connectivity index (χ0n) is 6.00. The summed E-state index contributed by atoms with van der Waals surface area (Å²) in [4.78, 5) is 3.97. The van der Waals surface area contributed by atoms with Gasteiger partial charge in [-0.2, -0.15) is 0 Å². The van der Waals surface area contributed by atoms with Crippen LogP contribution in [0.2, 0.25) is 0 Å². The maximum Gasteiger partial charge on any atom is 0.0948 e. The fourth-order valence-corrected chi connectivity index (χ4v) is 1.50. The summed E-state index contributed by atoms with van der Waals surface area (Å²) in [5.41, 5.74) is 0. The Hall–Kier alpha value is -0.310. The number of imidazole rings is 1. The van der Waals surface area contributed by atoms with Gasteiger partial charge in [0.15, 0.2) is 0 Å². The fraction of sp³-hybridized carbons (Fsp3) is 0.571. The molecule has 10 heavy (non-hydrogen) atoms. The Labute approximate surface area is 69.4 Å². The van der Waals surface area contributed by atoms with E-state index in [1.165, 1.54) is 0 Å². The van der Waals surface area contributed by atoms with Crippen LogP contribution in [0.15, 0.2) is 18.7 Å². The van der Waals surface area contributed by atoms with E-state index in [1.54, 1.807) is 0 Å². The van der Waals surface area contributed by atoms with Crippen LogP contribution in [0.4, 0.5) is 0 Å². The molecule has 1 unspecified atom stereocenters. The molecule has 0 radical (unpaired) electrons. The number of rotatable bonds is 3. The molecular weight excluding hydrogens is 192 g/mol. The normalized spacial score (nSPS) is 13.4. The van der Waals surface area contributed by atoms with Gasteiger partial charge in [0.25, 0.3) is 0 Å². The molecule has 0 aliphatic carbocycles. The number of nitrogens with zero attached hydrogens (tertiary/aromatic N) is 2. The van der Waals surface area contributed by atoms with Crippen molar-refractivity contribution in [1.29, 1.82) is 0 Å². The summed E-state index contributed by atoms with van der Waals surface area (Å²) < 4.78 is 2.11. The highest BCUT2D eigenvalue weighted by atomic mass is 79.9. The standard InChI is InChI=1S/C7H11BrN2/c1-7(2-3-8)10-5-4-9-6-10/h4-7H,2-3H2,1H3. The number of aromatic nitrogens is 2. The van der Waals surface area contributed by atoms with E-state index in [0.717, 1.165) is 11.8 Å². The summed E-state index contributed by atoms with van der Waals surface area (Å²) in [6.45, 7) is 2.18. The smallest absolute Gasteiger partial charge is 0.0948 e. The van der Waals surface area contributed by atoms with E-state index in [4.69, 9.17) is 0 Å². The van der Waals surface area contributed by atoms with E-state index in [-0.39, 0.29) is 0 Å². The van der Waals surface area contributed by atoms with Gasteiger partial charge < -0.3 is 4.57 Å². The zero-order chi connectivity index (χ0) is 7.40. The Kier molecular flexibility index (Phi) is 2.93. The van der Waals surface area contributed by atoms with Gasteiger partial charge in [-0.3, -0.25) is 0 Å². The lowest BCUT2D eigenvalue weighted by Gasteiger charge is -2.09. The van der Waals surface area contributed by atoms with Crippen molar-refractivity contribution in [3.63, 3.8) is 0 Å². The first kappa shape index (κ1) is 7.79. The molecule has 1 atom stereocenters. The molecule has 56 valence electrons. The topological polar surface area (TPSA) is 17.8 Å². The van der Waals surface area contributed by atoms with Crippen LogP contribution >= 0.6 is 15.9 Å². The third kappa shape index (κ3) is 1.84. The number of hydrogen-bond donors (Lipinski definition) is 0. The molecule has 0 saturated heterocycles. The summed E-state index contributed by atoms with van der Waals surface area (Å²) in [5.74, 6) is 0. The average molecular weight is 203 g/mol. The van der Waals surface area contributed by atoms with Gasteiger partial charge in [-0.25, -0.2) is 4.98 Å². The van der Waals surface area contributed by atoms with Crippen LogP contribution in [-0.2, 0) is 0 Å². The summed E-state index contributed by atoms with van der Waals surface area (Å²) >= 11 is 3.40. The lowest BCUT2D eigenvalue weighted by atomic mass is 10.3. The molecule has 3 heteroatoms. The van der Waals surface area contributed by atoms with Crippen LogP contribution in [-0.4, -0.2) is 14.9 Å². The van der Waals surface area contributed by atoms with E-state index in [2.05, 4.69) is 32.4 Å². The van der Waals surface area contributed by atoms with Gasteiger partial charge in [0.05, 0.1) is 6.33 Å². The Balaban J connectivity index is 2.50. The van der Waals surface area contributed by atoms with E-state index in [9.17, 15) is 0 Å². The van der Waals surface area contributed by atoms with Gasteiger partial charge in [-0.15, -0.1) is 0 Å². The third-order valence-electron chi connectivity index (χ3n) is 1.56. The van der Waals surface area contributed by atoms with Gasteiger partial charge in [-0.05, 0) is 13.3 Å². The molecule has 0 N–H and O–H groups in total. The molecule has 1 heterocycles. The Morgan fingerprint density at radius 2 is 2.50 bits per heavy atom. The highest BCUT2D eigenvalue weighted by Gasteiger charge is 2.00. The quantitative estimate of drug-likeness (QED) is 0.688. The molecule has 0 fully saturated rings. The minimum Gasteiger partial charge on any atom is -0.335 e. The molecule has 0 bridgehead atoms. The van der Waals surface area contributed by atoms with Crippen LogP contribution in [0.25, 0.3) is 0 Å². The third-order valence-corrected chi connectivity index (χ3v) is 2.02.